The van der Waals surface area contributed by atoms with E-state index in [9.17, 15) is 9.90 Å². The van der Waals surface area contributed by atoms with Crippen LogP contribution in [0.15, 0.2) is 12.1 Å². The summed E-state index contributed by atoms with van der Waals surface area (Å²) in [5.41, 5.74) is 7.04. The van der Waals surface area contributed by atoms with Gasteiger partial charge in [0.25, 0.3) is 0 Å². The van der Waals surface area contributed by atoms with Gasteiger partial charge in [-0.3, -0.25) is 4.79 Å². The average molecular weight is 221 g/mol. The number of hydrogen-bond donors (Lipinski definition) is 2. The number of methoxy groups -OCH3 is 1. The Morgan fingerprint density at radius 3 is 2.69 bits per heavy atom. The summed E-state index contributed by atoms with van der Waals surface area (Å²) in [6, 6.07) is 3.16. The van der Waals surface area contributed by atoms with Crippen molar-refractivity contribution in [1.82, 2.24) is 0 Å². The first kappa shape index (κ1) is 11.0. The van der Waals surface area contributed by atoms with Gasteiger partial charge in [-0.1, -0.05) is 0 Å². The molecule has 0 aliphatic heterocycles. The Bertz CT molecular complexity index is 425. The third-order valence-corrected chi connectivity index (χ3v) is 3.29. The van der Waals surface area contributed by atoms with Crippen LogP contribution in [0.2, 0.25) is 0 Å². The Morgan fingerprint density at radius 1 is 1.56 bits per heavy atom. The molecule has 0 unspecified atom stereocenters. The first-order valence-electron chi connectivity index (χ1n) is 5.23. The molecule has 1 fully saturated rings. The maximum absolute atomic E-state index is 11.0. The molecule has 0 spiro atoms. The van der Waals surface area contributed by atoms with Crippen LogP contribution >= 0.6 is 0 Å². The van der Waals surface area contributed by atoms with Crippen molar-refractivity contribution in [2.24, 2.45) is 5.73 Å². The fourth-order valence-electron chi connectivity index (χ4n) is 2.04. The highest BCUT2D eigenvalue weighted by Gasteiger charge is 2.44. The third-order valence-electron chi connectivity index (χ3n) is 3.29. The molecule has 0 heterocycles. The van der Waals surface area contributed by atoms with E-state index >= 15 is 0 Å². The van der Waals surface area contributed by atoms with Gasteiger partial charge in [-0.05, 0) is 30.5 Å². The molecule has 1 saturated carbocycles. The van der Waals surface area contributed by atoms with Crippen LogP contribution in [0, 0.1) is 0 Å². The van der Waals surface area contributed by atoms with Crippen LogP contribution in [-0.4, -0.2) is 25.0 Å². The predicted molar refractivity (Wildman–Crippen MR) is 60.0 cm³/mol. The highest BCUT2D eigenvalue weighted by atomic mass is 16.5. The molecule has 86 valence electrons. The summed E-state index contributed by atoms with van der Waals surface area (Å²) in [5.74, 6) is 0.376. The van der Waals surface area contributed by atoms with Gasteiger partial charge in [-0.2, -0.15) is 0 Å². The van der Waals surface area contributed by atoms with Crippen molar-refractivity contribution in [2.45, 2.75) is 18.3 Å². The van der Waals surface area contributed by atoms with Gasteiger partial charge in [0.2, 0.25) is 0 Å². The van der Waals surface area contributed by atoms with Gasteiger partial charge < -0.3 is 15.6 Å². The number of carbonyl (C=O) groups excluding carboxylic acids is 1. The van der Waals surface area contributed by atoms with Gasteiger partial charge in [-0.25, -0.2) is 0 Å². The van der Waals surface area contributed by atoms with Crippen LogP contribution < -0.4 is 10.5 Å². The fourth-order valence-corrected chi connectivity index (χ4v) is 2.04. The minimum atomic E-state index is -0.0861. The lowest BCUT2D eigenvalue weighted by Gasteiger charge is -2.17. The monoisotopic (exact) mass is 221 g/mol. The second-order valence-electron chi connectivity index (χ2n) is 4.21. The van der Waals surface area contributed by atoms with Gasteiger partial charge in [0.1, 0.15) is 6.29 Å². The minimum Gasteiger partial charge on any atom is -0.504 e. The van der Waals surface area contributed by atoms with Crippen LogP contribution in [0.5, 0.6) is 11.5 Å². The normalized spacial score (nSPS) is 16.9. The SMILES string of the molecule is COc1cc(C2(CN)CC2)c(C=O)cc1O. The number of rotatable bonds is 4. The van der Waals surface area contributed by atoms with Crippen molar-refractivity contribution >= 4 is 6.29 Å². The van der Waals surface area contributed by atoms with E-state index in [0.29, 0.717) is 17.9 Å². The molecule has 0 radical (unpaired) electrons. The number of benzene rings is 1. The summed E-state index contributed by atoms with van der Waals surface area (Å²) in [6.07, 6.45) is 2.72. The second kappa shape index (κ2) is 3.79. The topological polar surface area (TPSA) is 72.5 Å². The molecule has 0 atom stereocenters. The molecule has 16 heavy (non-hydrogen) atoms. The van der Waals surface area contributed by atoms with E-state index in [1.54, 1.807) is 6.07 Å². The summed E-state index contributed by atoms with van der Waals surface area (Å²) < 4.78 is 5.05. The van der Waals surface area contributed by atoms with Crippen molar-refractivity contribution in [3.05, 3.63) is 23.3 Å². The lowest BCUT2D eigenvalue weighted by Crippen LogP contribution is -2.21. The van der Waals surface area contributed by atoms with E-state index < -0.39 is 0 Å². The van der Waals surface area contributed by atoms with Crippen LogP contribution in [0.25, 0.3) is 0 Å². The van der Waals surface area contributed by atoms with Crippen molar-refractivity contribution in [1.29, 1.82) is 0 Å². The zero-order chi connectivity index (χ0) is 11.8. The largest absolute Gasteiger partial charge is 0.504 e. The number of aldehydes is 1. The van der Waals surface area contributed by atoms with Crippen LogP contribution in [0.4, 0.5) is 0 Å². The summed E-state index contributed by atoms with van der Waals surface area (Å²) in [7, 11) is 1.49. The molecule has 3 N–H and O–H groups in total. The van der Waals surface area contributed by atoms with E-state index in [4.69, 9.17) is 10.5 Å². The number of hydrogen-bond acceptors (Lipinski definition) is 4. The zero-order valence-electron chi connectivity index (χ0n) is 9.19. The number of phenols is 1. The minimum absolute atomic E-state index is 0.0128. The molecule has 0 saturated heterocycles. The van der Waals surface area contributed by atoms with Crippen LogP contribution in [-0.2, 0) is 5.41 Å². The van der Waals surface area contributed by atoms with Crippen LogP contribution in [0.1, 0.15) is 28.8 Å². The fraction of sp³-hybridized carbons (Fsp3) is 0.417. The molecule has 0 amide bonds. The van der Waals surface area contributed by atoms with Crippen molar-refractivity contribution < 1.29 is 14.6 Å². The summed E-state index contributed by atoms with van der Waals surface area (Å²) >= 11 is 0. The van der Waals surface area contributed by atoms with Crippen molar-refractivity contribution in [2.75, 3.05) is 13.7 Å². The number of aromatic hydroxyl groups is 1. The molecule has 1 aromatic rings. The molecular formula is C12H15NO3. The van der Waals surface area contributed by atoms with Crippen molar-refractivity contribution in [3.8, 4) is 11.5 Å². The maximum Gasteiger partial charge on any atom is 0.160 e. The van der Waals surface area contributed by atoms with E-state index in [1.165, 1.54) is 13.2 Å². The molecule has 1 aliphatic carbocycles. The molecule has 2 rings (SSSR count). The van der Waals surface area contributed by atoms with Gasteiger partial charge in [0.15, 0.2) is 11.5 Å². The lowest BCUT2D eigenvalue weighted by atomic mass is 9.91. The molecular weight excluding hydrogens is 206 g/mol. The molecule has 0 bridgehead atoms. The standard InChI is InChI=1S/C12H15NO3/c1-16-11-5-9(12(7-13)2-3-12)8(6-14)4-10(11)15/h4-6,15H,2-3,7,13H2,1H3. The Labute approximate surface area is 94.0 Å². The molecule has 4 nitrogen and oxygen atoms in total. The number of carbonyl (C=O) groups is 1. The summed E-state index contributed by atoms with van der Waals surface area (Å²) in [4.78, 5) is 11.0. The predicted octanol–water partition coefficient (Wildman–Crippen LogP) is 1.20. The van der Waals surface area contributed by atoms with E-state index in [0.717, 1.165) is 24.7 Å². The number of ether oxygens (including phenoxy) is 1. The molecule has 1 aromatic carbocycles. The third kappa shape index (κ3) is 1.55. The average Bonchev–Trinajstić information content (AvgIpc) is 3.09. The van der Waals surface area contributed by atoms with Crippen LogP contribution in [0.3, 0.4) is 0 Å². The Kier molecular flexibility index (Phi) is 2.59. The Morgan fingerprint density at radius 2 is 2.25 bits per heavy atom. The van der Waals surface area contributed by atoms with Gasteiger partial charge >= 0.3 is 0 Å². The van der Waals surface area contributed by atoms with Crippen molar-refractivity contribution in [3.63, 3.8) is 0 Å². The molecule has 4 heteroatoms. The summed E-state index contributed by atoms with van der Waals surface area (Å²) in [5, 5.41) is 9.59. The van der Waals surface area contributed by atoms with Gasteiger partial charge in [0, 0.05) is 17.5 Å². The van der Waals surface area contributed by atoms with Gasteiger partial charge in [0.05, 0.1) is 7.11 Å². The highest BCUT2D eigenvalue weighted by Crippen LogP contribution is 2.50. The van der Waals surface area contributed by atoms with E-state index in [2.05, 4.69) is 0 Å². The Balaban J connectivity index is 2.54. The summed E-state index contributed by atoms with van der Waals surface area (Å²) in [6.45, 7) is 0.516. The number of nitrogens with two attached hydrogens (primary N) is 1. The quantitative estimate of drug-likeness (QED) is 0.749. The molecule has 0 aromatic heterocycles. The zero-order valence-corrected chi connectivity index (χ0v) is 9.19. The first-order valence-corrected chi connectivity index (χ1v) is 5.23. The first-order chi connectivity index (χ1) is 7.66. The highest BCUT2D eigenvalue weighted by molar-refractivity contribution is 5.80. The van der Waals surface area contributed by atoms with E-state index in [-0.39, 0.29) is 11.2 Å². The Hall–Kier alpha value is -1.55. The smallest absolute Gasteiger partial charge is 0.160 e. The van der Waals surface area contributed by atoms with Gasteiger partial charge in [-0.15, -0.1) is 0 Å². The lowest BCUT2D eigenvalue weighted by molar-refractivity contribution is 0.112. The number of phenolic OH excluding ortho intramolecular Hbond substituents is 1. The maximum atomic E-state index is 11.0. The molecule has 1 aliphatic rings. The van der Waals surface area contributed by atoms with E-state index in [1.807, 2.05) is 0 Å². The second-order valence-corrected chi connectivity index (χ2v) is 4.21.